The van der Waals surface area contributed by atoms with Crippen molar-refractivity contribution in [3.8, 4) is 22.8 Å². The number of para-hydroxylation sites is 1. The predicted octanol–water partition coefficient (Wildman–Crippen LogP) is 2.96. The highest BCUT2D eigenvalue weighted by Gasteiger charge is 2.15. The standard InChI is InChI=1S/C20H18BrN5O4S/c21-16-12-23-26-19(11-17(25-20(16)26)15-6-1-2-7-18(15)28)22-8-9-24-31(29,30)14-5-3-4-13(27)10-14/h1-7,10-12,22,24,27-28H,8-9H2. The minimum Gasteiger partial charge on any atom is -0.508 e. The normalized spacial score (nSPS) is 11.6. The van der Waals surface area contributed by atoms with Gasteiger partial charge >= 0.3 is 0 Å². The van der Waals surface area contributed by atoms with Crippen LogP contribution in [0.5, 0.6) is 11.5 Å². The Morgan fingerprint density at radius 3 is 2.61 bits per heavy atom. The van der Waals surface area contributed by atoms with Crippen molar-refractivity contribution in [2.24, 2.45) is 0 Å². The molecule has 11 heteroatoms. The summed E-state index contributed by atoms with van der Waals surface area (Å²) in [6.45, 7) is 0.352. The van der Waals surface area contributed by atoms with Gasteiger partial charge in [-0.2, -0.15) is 9.61 Å². The highest BCUT2D eigenvalue weighted by atomic mass is 79.9. The van der Waals surface area contributed by atoms with Gasteiger partial charge in [0.25, 0.3) is 0 Å². The summed E-state index contributed by atoms with van der Waals surface area (Å²) >= 11 is 3.42. The maximum absolute atomic E-state index is 12.4. The van der Waals surface area contributed by atoms with E-state index >= 15 is 0 Å². The first-order valence-electron chi connectivity index (χ1n) is 9.20. The summed E-state index contributed by atoms with van der Waals surface area (Å²) < 4.78 is 29.5. The summed E-state index contributed by atoms with van der Waals surface area (Å²) in [5.74, 6) is 0.548. The lowest BCUT2D eigenvalue weighted by atomic mass is 10.1. The predicted molar refractivity (Wildman–Crippen MR) is 120 cm³/mol. The molecule has 2 aromatic carbocycles. The van der Waals surface area contributed by atoms with Gasteiger partial charge in [-0.15, -0.1) is 0 Å². The Morgan fingerprint density at radius 2 is 1.84 bits per heavy atom. The summed E-state index contributed by atoms with van der Waals surface area (Å²) in [6.07, 6.45) is 1.60. The van der Waals surface area contributed by atoms with Crippen LogP contribution < -0.4 is 10.0 Å². The van der Waals surface area contributed by atoms with E-state index in [0.717, 1.165) is 0 Å². The Hall–Kier alpha value is -3.15. The van der Waals surface area contributed by atoms with Crippen LogP contribution in [0.1, 0.15) is 0 Å². The summed E-state index contributed by atoms with van der Waals surface area (Å²) in [7, 11) is -3.76. The van der Waals surface area contributed by atoms with Gasteiger partial charge in [0.2, 0.25) is 10.0 Å². The zero-order valence-electron chi connectivity index (χ0n) is 16.0. The van der Waals surface area contributed by atoms with E-state index in [4.69, 9.17) is 0 Å². The number of benzene rings is 2. The van der Waals surface area contributed by atoms with E-state index < -0.39 is 10.0 Å². The molecular weight excluding hydrogens is 486 g/mol. The highest BCUT2D eigenvalue weighted by molar-refractivity contribution is 9.10. The second kappa shape index (κ2) is 8.53. The summed E-state index contributed by atoms with van der Waals surface area (Å²) in [6, 6.07) is 14.0. The van der Waals surface area contributed by atoms with Crippen LogP contribution in [-0.2, 0) is 10.0 Å². The largest absolute Gasteiger partial charge is 0.508 e. The maximum Gasteiger partial charge on any atom is 0.240 e. The number of hydrogen-bond donors (Lipinski definition) is 4. The summed E-state index contributed by atoms with van der Waals surface area (Å²) in [5.41, 5.74) is 1.64. The lowest BCUT2D eigenvalue weighted by molar-refractivity contribution is 0.473. The van der Waals surface area contributed by atoms with Crippen molar-refractivity contribution in [3.63, 3.8) is 0 Å². The average molecular weight is 504 g/mol. The van der Waals surface area contributed by atoms with Gasteiger partial charge in [0.15, 0.2) is 5.65 Å². The van der Waals surface area contributed by atoms with Crippen LogP contribution in [0.2, 0.25) is 0 Å². The molecule has 0 saturated heterocycles. The van der Waals surface area contributed by atoms with Crippen LogP contribution in [0, 0.1) is 0 Å². The molecule has 0 amide bonds. The Morgan fingerprint density at radius 1 is 1.03 bits per heavy atom. The molecule has 0 saturated carbocycles. The quantitative estimate of drug-likeness (QED) is 0.285. The first kappa shape index (κ1) is 21.1. The molecule has 0 aliphatic rings. The van der Waals surface area contributed by atoms with E-state index in [9.17, 15) is 18.6 Å². The number of aromatic nitrogens is 3. The molecule has 0 fully saturated rings. The molecule has 31 heavy (non-hydrogen) atoms. The first-order chi connectivity index (χ1) is 14.8. The molecule has 0 spiro atoms. The minimum absolute atomic E-state index is 0.0170. The van der Waals surface area contributed by atoms with E-state index in [1.807, 2.05) is 0 Å². The van der Waals surface area contributed by atoms with Crippen LogP contribution in [0.15, 0.2) is 70.2 Å². The van der Waals surface area contributed by atoms with Crippen molar-refractivity contribution in [1.29, 1.82) is 0 Å². The van der Waals surface area contributed by atoms with Crippen LogP contribution in [0.3, 0.4) is 0 Å². The van der Waals surface area contributed by atoms with Crippen LogP contribution in [0.4, 0.5) is 5.82 Å². The van der Waals surface area contributed by atoms with Crippen molar-refractivity contribution in [1.82, 2.24) is 19.3 Å². The van der Waals surface area contributed by atoms with Crippen molar-refractivity contribution in [3.05, 3.63) is 65.3 Å². The molecular formula is C20H18BrN5O4S. The van der Waals surface area contributed by atoms with Crippen molar-refractivity contribution in [2.45, 2.75) is 4.90 Å². The number of phenols is 2. The van der Waals surface area contributed by atoms with Gasteiger partial charge in [0.1, 0.15) is 17.3 Å². The van der Waals surface area contributed by atoms with Gasteiger partial charge in [0.05, 0.1) is 21.3 Å². The number of sulfonamides is 1. The van der Waals surface area contributed by atoms with Gasteiger partial charge in [0, 0.05) is 24.7 Å². The third-order valence-corrected chi connectivity index (χ3v) is 6.48. The van der Waals surface area contributed by atoms with E-state index in [1.165, 1.54) is 24.3 Å². The molecule has 0 bridgehead atoms. The molecule has 4 aromatic rings. The van der Waals surface area contributed by atoms with Crippen LogP contribution >= 0.6 is 15.9 Å². The number of rotatable bonds is 7. The van der Waals surface area contributed by atoms with E-state index in [-0.39, 0.29) is 29.5 Å². The number of anilines is 1. The maximum atomic E-state index is 12.4. The fourth-order valence-corrected chi connectivity index (χ4v) is 4.42. The Kier molecular flexibility index (Phi) is 5.81. The van der Waals surface area contributed by atoms with E-state index in [1.54, 1.807) is 41.0 Å². The van der Waals surface area contributed by atoms with E-state index in [0.29, 0.717) is 27.2 Å². The molecule has 0 unspecified atom stereocenters. The molecule has 160 valence electrons. The zero-order chi connectivity index (χ0) is 22.0. The second-order valence-corrected chi connectivity index (χ2v) is 9.21. The first-order valence-corrected chi connectivity index (χ1v) is 11.5. The Labute approximate surface area is 186 Å². The SMILES string of the molecule is O=S(=O)(NCCNc1cc(-c2ccccc2O)nc2c(Br)cnn12)c1cccc(O)c1. The van der Waals surface area contributed by atoms with E-state index in [2.05, 4.69) is 36.1 Å². The lowest BCUT2D eigenvalue weighted by Crippen LogP contribution is -2.29. The fourth-order valence-electron chi connectivity index (χ4n) is 3.00. The molecule has 4 rings (SSSR count). The third kappa shape index (κ3) is 4.48. The third-order valence-electron chi connectivity index (χ3n) is 4.46. The van der Waals surface area contributed by atoms with Gasteiger partial charge in [-0.25, -0.2) is 18.1 Å². The number of nitrogens with zero attached hydrogens (tertiary/aromatic N) is 3. The summed E-state index contributed by atoms with van der Waals surface area (Å²) in [5, 5.41) is 27.1. The van der Waals surface area contributed by atoms with Gasteiger partial charge in [-0.3, -0.25) is 0 Å². The molecule has 0 aliphatic carbocycles. The molecule has 0 radical (unpaired) electrons. The Balaban J connectivity index is 1.54. The van der Waals surface area contributed by atoms with Gasteiger partial charge in [-0.1, -0.05) is 18.2 Å². The average Bonchev–Trinajstić information content (AvgIpc) is 3.12. The molecule has 0 atom stereocenters. The fraction of sp³-hybridized carbons (Fsp3) is 0.100. The number of phenolic OH excluding ortho intramolecular Hbond substituents is 2. The molecule has 4 N–H and O–H groups in total. The smallest absolute Gasteiger partial charge is 0.240 e. The van der Waals surface area contributed by atoms with Crippen molar-refractivity contribution < 1.29 is 18.6 Å². The molecule has 9 nitrogen and oxygen atoms in total. The lowest BCUT2D eigenvalue weighted by Gasteiger charge is -2.12. The molecule has 2 aromatic heterocycles. The number of halogens is 1. The number of fused-ring (bicyclic) bond motifs is 1. The van der Waals surface area contributed by atoms with Gasteiger partial charge < -0.3 is 15.5 Å². The van der Waals surface area contributed by atoms with Crippen LogP contribution in [0.25, 0.3) is 16.9 Å². The topological polar surface area (TPSA) is 129 Å². The number of aromatic hydroxyl groups is 2. The van der Waals surface area contributed by atoms with Crippen molar-refractivity contribution >= 4 is 37.4 Å². The monoisotopic (exact) mass is 503 g/mol. The summed E-state index contributed by atoms with van der Waals surface area (Å²) in [4.78, 5) is 4.54. The van der Waals surface area contributed by atoms with Crippen LogP contribution in [-0.4, -0.2) is 46.3 Å². The molecule has 0 aliphatic heterocycles. The Bertz CT molecular complexity index is 1360. The van der Waals surface area contributed by atoms with Crippen molar-refractivity contribution in [2.75, 3.05) is 18.4 Å². The number of hydrogen-bond acceptors (Lipinski definition) is 7. The minimum atomic E-state index is -3.76. The number of nitrogens with one attached hydrogen (secondary N) is 2. The second-order valence-electron chi connectivity index (χ2n) is 6.59. The van der Waals surface area contributed by atoms with Gasteiger partial charge in [-0.05, 0) is 46.3 Å². The highest BCUT2D eigenvalue weighted by Crippen LogP contribution is 2.31. The molecule has 2 heterocycles. The zero-order valence-corrected chi connectivity index (χ0v) is 18.4.